The highest BCUT2D eigenvalue weighted by molar-refractivity contribution is 7.07. The van der Waals surface area contributed by atoms with E-state index < -0.39 is 0 Å². The summed E-state index contributed by atoms with van der Waals surface area (Å²) in [6, 6.07) is 5.93. The standard InChI is InChI=1S/C15H20N2O2S/c1-2-7-18-14-4-3-12(5-6-16)15(8-14)19-9-13-10-20-11-17-13/h3-4,8,10-11H,2,5-7,9,16H2,1H3. The van der Waals surface area contributed by atoms with E-state index in [1.165, 1.54) is 0 Å². The Morgan fingerprint density at radius 3 is 2.90 bits per heavy atom. The molecule has 0 bridgehead atoms. The van der Waals surface area contributed by atoms with Crippen molar-refractivity contribution in [1.82, 2.24) is 4.98 Å². The molecule has 108 valence electrons. The van der Waals surface area contributed by atoms with Gasteiger partial charge in [0.05, 0.1) is 17.8 Å². The first-order valence-corrected chi connectivity index (χ1v) is 7.73. The minimum atomic E-state index is 0.471. The average Bonchev–Trinajstić information content (AvgIpc) is 2.98. The first-order valence-electron chi connectivity index (χ1n) is 6.79. The van der Waals surface area contributed by atoms with E-state index in [-0.39, 0.29) is 0 Å². The number of rotatable bonds is 8. The van der Waals surface area contributed by atoms with Crippen LogP contribution in [0.4, 0.5) is 0 Å². The van der Waals surface area contributed by atoms with E-state index in [4.69, 9.17) is 15.2 Å². The van der Waals surface area contributed by atoms with Crippen LogP contribution in [-0.4, -0.2) is 18.1 Å². The number of thiazole rings is 1. The van der Waals surface area contributed by atoms with E-state index in [2.05, 4.69) is 11.9 Å². The van der Waals surface area contributed by atoms with Crippen LogP contribution in [0.3, 0.4) is 0 Å². The van der Waals surface area contributed by atoms with Gasteiger partial charge in [-0.3, -0.25) is 0 Å². The summed E-state index contributed by atoms with van der Waals surface area (Å²) in [6.07, 6.45) is 1.78. The van der Waals surface area contributed by atoms with Gasteiger partial charge >= 0.3 is 0 Å². The molecule has 0 spiro atoms. The molecule has 5 heteroatoms. The number of nitrogens with zero attached hydrogens (tertiary/aromatic N) is 1. The summed E-state index contributed by atoms with van der Waals surface area (Å²) in [5.74, 6) is 1.66. The van der Waals surface area contributed by atoms with Crippen LogP contribution < -0.4 is 15.2 Å². The Bertz CT molecular complexity index is 515. The van der Waals surface area contributed by atoms with Gasteiger partial charge in [0.2, 0.25) is 0 Å². The first kappa shape index (κ1) is 14.8. The topological polar surface area (TPSA) is 57.4 Å². The van der Waals surface area contributed by atoms with Gasteiger partial charge in [-0.25, -0.2) is 4.98 Å². The normalized spacial score (nSPS) is 10.5. The lowest BCUT2D eigenvalue weighted by Gasteiger charge is -2.13. The molecule has 0 saturated heterocycles. The van der Waals surface area contributed by atoms with Gasteiger partial charge in [0.15, 0.2) is 0 Å². The quantitative estimate of drug-likeness (QED) is 0.812. The lowest BCUT2D eigenvalue weighted by molar-refractivity contribution is 0.289. The van der Waals surface area contributed by atoms with E-state index >= 15 is 0 Å². The fourth-order valence-corrected chi connectivity index (χ4v) is 2.34. The Kier molecular flexibility index (Phi) is 5.83. The van der Waals surface area contributed by atoms with E-state index in [0.29, 0.717) is 19.8 Å². The van der Waals surface area contributed by atoms with E-state index in [1.54, 1.807) is 16.8 Å². The lowest BCUT2D eigenvalue weighted by atomic mass is 10.1. The van der Waals surface area contributed by atoms with Crippen molar-refractivity contribution >= 4 is 11.3 Å². The molecular weight excluding hydrogens is 272 g/mol. The highest BCUT2D eigenvalue weighted by atomic mass is 32.1. The van der Waals surface area contributed by atoms with Gasteiger partial charge in [-0.05, 0) is 31.0 Å². The van der Waals surface area contributed by atoms with Gasteiger partial charge in [0.25, 0.3) is 0 Å². The molecule has 2 aromatic rings. The van der Waals surface area contributed by atoms with E-state index in [9.17, 15) is 0 Å². The number of aromatic nitrogens is 1. The number of ether oxygens (including phenoxy) is 2. The van der Waals surface area contributed by atoms with Crippen molar-refractivity contribution in [2.45, 2.75) is 26.4 Å². The summed E-state index contributed by atoms with van der Waals surface area (Å²) in [6.45, 7) is 3.87. The summed E-state index contributed by atoms with van der Waals surface area (Å²) in [5.41, 5.74) is 9.49. The van der Waals surface area contributed by atoms with Gasteiger partial charge < -0.3 is 15.2 Å². The van der Waals surface area contributed by atoms with Gasteiger partial charge in [0, 0.05) is 11.4 Å². The Morgan fingerprint density at radius 1 is 1.30 bits per heavy atom. The maximum Gasteiger partial charge on any atom is 0.131 e. The van der Waals surface area contributed by atoms with Gasteiger partial charge in [0.1, 0.15) is 18.1 Å². The molecule has 20 heavy (non-hydrogen) atoms. The second-order valence-electron chi connectivity index (χ2n) is 4.43. The summed E-state index contributed by atoms with van der Waals surface area (Å²) >= 11 is 1.57. The van der Waals surface area contributed by atoms with Crippen molar-refractivity contribution in [3.05, 3.63) is 40.3 Å². The van der Waals surface area contributed by atoms with Crippen LogP contribution >= 0.6 is 11.3 Å². The molecule has 0 aliphatic heterocycles. The van der Waals surface area contributed by atoms with E-state index in [0.717, 1.165) is 35.6 Å². The molecule has 0 amide bonds. The maximum atomic E-state index is 5.86. The van der Waals surface area contributed by atoms with Crippen LogP contribution in [0.2, 0.25) is 0 Å². The second-order valence-corrected chi connectivity index (χ2v) is 5.14. The van der Waals surface area contributed by atoms with Crippen LogP contribution in [0.1, 0.15) is 24.6 Å². The maximum absolute atomic E-state index is 5.86. The Labute approximate surface area is 123 Å². The van der Waals surface area contributed by atoms with Crippen LogP contribution in [0.5, 0.6) is 11.5 Å². The zero-order chi connectivity index (χ0) is 14.2. The molecule has 2 rings (SSSR count). The zero-order valence-corrected chi connectivity index (χ0v) is 12.5. The van der Waals surface area contributed by atoms with Crippen molar-refractivity contribution in [3.8, 4) is 11.5 Å². The van der Waals surface area contributed by atoms with E-state index in [1.807, 2.05) is 23.6 Å². The van der Waals surface area contributed by atoms with Crippen molar-refractivity contribution in [3.63, 3.8) is 0 Å². The molecule has 1 aromatic heterocycles. The van der Waals surface area contributed by atoms with Crippen molar-refractivity contribution in [2.75, 3.05) is 13.2 Å². The summed E-state index contributed by atoms with van der Waals surface area (Å²) in [4.78, 5) is 4.22. The first-order chi connectivity index (χ1) is 9.83. The molecule has 0 saturated carbocycles. The highest BCUT2D eigenvalue weighted by Crippen LogP contribution is 2.26. The molecule has 0 aliphatic carbocycles. The molecule has 0 radical (unpaired) electrons. The largest absolute Gasteiger partial charge is 0.493 e. The molecule has 4 nitrogen and oxygen atoms in total. The van der Waals surface area contributed by atoms with Crippen LogP contribution in [0.25, 0.3) is 0 Å². The molecule has 1 heterocycles. The number of benzene rings is 1. The molecule has 0 aliphatic rings. The van der Waals surface area contributed by atoms with Crippen LogP contribution in [0, 0.1) is 0 Å². The molecule has 0 unspecified atom stereocenters. The van der Waals surface area contributed by atoms with Gasteiger partial charge in [-0.15, -0.1) is 11.3 Å². The second kappa shape index (κ2) is 7.87. The van der Waals surface area contributed by atoms with Crippen molar-refractivity contribution in [2.24, 2.45) is 5.73 Å². The number of nitrogens with two attached hydrogens (primary N) is 1. The van der Waals surface area contributed by atoms with Crippen molar-refractivity contribution < 1.29 is 9.47 Å². The minimum absolute atomic E-state index is 0.471. The number of hydrogen-bond acceptors (Lipinski definition) is 5. The Balaban J connectivity index is 2.08. The summed E-state index contributed by atoms with van der Waals surface area (Å²) in [5, 5.41) is 1.99. The van der Waals surface area contributed by atoms with Crippen LogP contribution in [-0.2, 0) is 13.0 Å². The Hall–Kier alpha value is -1.59. The van der Waals surface area contributed by atoms with Gasteiger partial charge in [-0.1, -0.05) is 13.0 Å². The smallest absolute Gasteiger partial charge is 0.131 e. The number of hydrogen-bond donors (Lipinski definition) is 1. The third-order valence-corrected chi connectivity index (χ3v) is 3.42. The lowest BCUT2D eigenvalue weighted by Crippen LogP contribution is -2.06. The Morgan fingerprint density at radius 2 is 2.20 bits per heavy atom. The third-order valence-electron chi connectivity index (χ3n) is 2.78. The monoisotopic (exact) mass is 292 g/mol. The highest BCUT2D eigenvalue weighted by Gasteiger charge is 2.07. The molecule has 1 aromatic carbocycles. The average molecular weight is 292 g/mol. The molecule has 0 fully saturated rings. The predicted molar refractivity (Wildman–Crippen MR) is 81.4 cm³/mol. The molecule has 2 N–H and O–H groups in total. The fraction of sp³-hybridized carbons (Fsp3) is 0.400. The fourth-order valence-electron chi connectivity index (χ4n) is 1.80. The van der Waals surface area contributed by atoms with Crippen molar-refractivity contribution in [1.29, 1.82) is 0 Å². The molecule has 0 atom stereocenters. The minimum Gasteiger partial charge on any atom is -0.493 e. The van der Waals surface area contributed by atoms with Gasteiger partial charge in [-0.2, -0.15) is 0 Å². The zero-order valence-electron chi connectivity index (χ0n) is 11.7. The van der Waals surface area contributed by atoms with Crippen LogP contribution in [0.15, 0.2) is 29.1 Å². The predicted octanol–water partition coefficient (Wildman–Crippen LogP) is 3.01. The summed E-state index contributed by atoms with van der Waals surface area (Å²) < 4.78 is 11.5. The SMILES string of the molecule is CCCOc1ccc(CCN)c(OCc2cscn2)c1. The molecular formula is C15H20N2O2S. The summed E-state index contributed by atoms with van der Waals surface area (Å²) in [7, 11) is 0. The third kappa shape index (κ3) is 4.21.